The summed E-state index contributed by atoms with van der Waals surface area (Å²) in [6.45, 7) is 0.278. The fourth-order valence-electron chi connectivity index (χ4n) is 5.01. The number of nitrogens with one attached hydrogen (secondary N) is 2. The molecule has 2 N–H and O–H groups in total. The molecule has 3 aromatic rings. The number of hydrogen-bond acceptors (Lipinski definition) is 3. The number of fused-ring (bicyclic) bond motifs is 1. The zero-order valence-corrected chi connectivity index (χ0v) is 18.6. The molecule has 2 aliphatic rings. The molecule has 2 amide bonds. The van der Waals surface area contributed by atoms with Crippen LogP contribution in [0.25, 0.3) is 5.69 Å². The first kappa shape index (κ1) is 22.5. The van der Waals surface area contributed by atoms with E-state index in [-0.39, 0.29) is 24.8 Å². The van der Waals surface area contributed by atoms with Crippen molar-refractivity contribution in [2.45, 2.75) is 37.6 Å². The minimum absolute atomic E-state index is 0.227. The topological polar surface area (TPSA) is 62.2 Å². The number of benzene rings is 2. The van der Waals surface area contributed by atoms with Crippen molar-refractivity contribution in [2.75, 3.05) is 25.0 Å². The van der Waals surface area contributed by atoms with Crippen LogP contribution in [-0.4, -0.2) is 52.8 Å². The van der Waals surface area contributed by atoms with Crippen molar-refractivity contribution < 1.29 is 18.0 Å². The second-order valence-corrected chi connectivity index (χ2v) is 8.85. The fraction of sp³-hybridized carbons (Fsp3) is 0.360. The highest BCUT2D eigenvalue weighted by Crippen LogP contribution is 2.32. The first-order chi connectivity index (χ1) is 16.5. The number of anilines is 1. The lowest BCUT2D eigenvalue weighted by Gasteiger charge is -2.21. The lowest BCUT2D eigenvalue weighted by molar-refractivity contribution is 0.0983. The van der Waals surface area contributed by atoms with Crippen molar-refractivity contribution in [3.8, 4) is 5.69 Å². The second-order valence-electron chi connectivity index (χ2n) is 8.85. The molecule has 5 rings (SSSR count). The molecule has 1 fully saturated rings. The summed E-state index contributed by atoms with van der Waals surface area (Å²) in [6.07, 6.45) is 0.219. The van der Waals surface area contributed by atoms with E-state index in [9.17, 15) is 18.0 Å². The number of carbonyl (C=O) groups excluding carboxylic acids is 1. The average Bonchev–Trinajstić information content (AvgIpc) is 3.51. The van der Waals surface area contributed by atoms with Crippen molar-refractivity contribution in [1.82, 2.24) is 20.0 Å². The molecular weight excluding hydrogens is 443 g/mol. The number of carbonyl (C=O) groups is 1. The Bertz CT molecular complexity index is 1150. The van der Waals surface area contributed by atoms with Crippen LogP contribution in [0.15, 0.2) is 54.6 Å². The fourth-order valence-corrected chi connectivity index (χ4v) is 5.01. The van der Waals surface area contributed by atoms with Gasteiger partial charge in [0.25, 0.3) is 6.43 Å². The van der Waals surface area contributed by atoms with Gasteiger partial charge >= 0.3 is 6.03 Å². The van der Waals surface area contributed by atoms with Gasteiger partial charge in [0.1, 0.15) is 11.6 Å². The summed E-state index contributed by atoms with van der Waals surface area (Å²) in [4.78, 5) is 14.8. The number of para-hydroxylation sites is 1. The van der Waals surface area contributed by atoms with Gasteiger partial charge in [-0.25, -0.2) is 22.6 Å². The predicted octanol–water partition coefficient (Wildman–Crippen LogP) is 4.35. The monoisotopic (exact) mass is 469 g/mol. The SMILES string of the molecule is O=C(Nc1c2c(nn1-c1ccccc1)CCC2)NC1CN(CC(F)F)CC1c1ccc(F)cc1. The van der Waals surface area contributed by atoms with Gasteiger partial charge in [0.15, 0.2) is 0 Å². The summed E-state index contributed by atoms with van der Waals surface area (Å²) in [5, 5.41) is 10.7. The maximum atomic E-state index is 13.4. The smallest absolute Gasteiger partial charge is 0.320 e. The summed E-state index contributed by atoms with van der Waals surface area (Å²) in [5.74, 6) is 0.0447. The third kappa shape index (κ3) is 4.65. The molecule has 2 aromatic carbocycles. The molecule has 34 heavy (non-hydrogen) atoms. The van der Waals surface area contributed by atoms with Crippen LogP contribution >= 0.6 is 0 Å². The summed E-state index contributed by atoms with van der Waals surface area (Å²) in [5.41, 5.74) is 3.66. The van der Waals surface area contributed by atoms with E-state index < -0.39 is 18.5 Å². The van der Waals surface area contributed by atoms with Crippen LogP contribution in [-0.2, 0) is 12.8 Å². The number of urea groups is 1. The number of likely N-dealkylation sites (tertiary alicyclic amines) is 1. The molecule has 1 saturated heterocycles. The Kier molecular flexibility index (Phi) is 6.28. The lowest BCUT2D eigenvalue weighted by Crippen LogP contribution is -2.42. The first-order valence-corrected chi connectivity index (χ1v) is 11.5. The first-order valence-electron chi connectivity index (χ1n) is 11.5. The molecule has 2 heterocycles. The zero-order valence-electron chi connectivity index (χ0n) is 18.6. The van der Waals surface area contributed by atoms with E-state index in [0.717, 1.165) is 41.8 Å². The van der Waals surface area contributed by atoms with Crippen molar-refractivity contribution in [3.63, 3.8) is 0 Å². The van der Waals surface area contributed by atoms with E-state index in [4.69, 9.17) is 5.10 Å². The third-order valence-corrected chi connectivity index (χ3v) is 6.55. The van der Waals surface area contributed by atoms with Gasteiger partial charge in [0.2, 0.25) is 0 Å². The summed E-state index contributed by atoms with van der Waals surface area (Å²) < 4.78 is 41.3. The van der Waals surface area contributed by atoms with E-state index in [1.807, 2.05) is 30.3 Å². The van der Waals surface area contributed by atoms with Crippen LogP contribution < -0.4 is 10.6 Å². The quantitative estimate of drug-likeness (QED) is 0.564. The molecule has 1 aliphatic carbocycles. The number of hydrogen-bond donors (Lipinski definition) is 2. The zero-order chi connectivity index (χ0) is 23.7. The molecule has 178 valence electrons. The second kappa shape index (κ2) is 9.50. The van der Waals surface area contributed by atoms with E-state index >= 15 is 0 Å². The van der Waals surface area contributed by atoms with E-state index in [0.29, 0.717) is 12.4 Å². The Labute approximate surface area is 195 Å². The maximum Gasteiger partial charge on any atom is 0.320 e. The van der Waals surface area contributed by atoms with Crippen molar-refractivity contribution in [3.05, 3.63) is 77.2 Å². The van der Waals surface area contributed by atoms with Gasteiger partial charge in [0, 0.05) is 24.6 Å². The number of rotatable bonds is 6. The van der Waals surface area contributed by atoms with Gasteiger partial charge in [-0.3, -0.25) is 10.2 Å². The number of amides is 2. The van der Waals surface area contributed by atoms with Crippen molar-refractivity contribution in [2.24, 2.45) is 0 Å². The Morgan fingerprint density at radius 3 is 2.56 bits per heavy atom. The molecule has 9 heteroatoms. The normalized spacial score (nSPS) is 20.0. The lowest BCUT2D eigenvalue weighted by atomic mass is 9.94. The minimum Gasteiger partial charge on any atom is -0.333 e. The predicted molar refractivity (Wildman–Crippen MR) is 123 cm³/mol. The number of aryl methyl sites for hydroxylation is 1. The van der Waals surface area contributed by atoms with E-state index in [1.165, 1.54) is 12.1 Å². The Morgan fingerprint density at radius 1 is 1.06 bits per heavy atom. The molecule has 0 saturated carbocycles. The maximum absolute atomic E-state index is 13.4. The highest BCUT2D eigenvalue weighted by atomic mass is 19.3. The van der Waals surface area contributed by atoms with Gasteiger partial charge in [-0.1, -0.05) is 30.3 Å². The van der Waals surface area contributed by atoms with Gasteiger partial charge in [-0.15, -0.1) is 0 Å². The van der Waals surface area contributed by atoms with E-state index in [1.54, 1.807) is 21.7 Å². The van der Waals surface area contributed by atoms with Crippen LogP contribution in [0.2, 0.25) is 0 Å². The molecule has 0 radical (unpaired) electrons. The van der Waals surface area contributed by atoms with Crippen LogP contribution in [0.1, 0.15) is 29.2 Å². The Hall–Kier alpha value is -3.33. The number of aromatic nitrogens is 2. The van der Waals surface area contributed by atoms with Crippen LogP contribution in [0, 0.1) is 5.82 Å². The van der Waals surface area contributed by atoms with Gasteiger partial charge in [-0.2, -0.15) is 5.10 Å². The minimum atomic E-state index is -2.47. The molecule has 2 atom stereocenters. The number of alkyl halides is 2. The van der Waals surface area contributed by atoms with Crippen molar-refractivity contribution >= 4 is 11.8 Å². The largest absolute Gasteiger partial charge is 0.333 e. The summed E-state index contributed by atoms with van der Waals surface area (Å²) >= 11 is 0. The number of halogens is 3. The summed E-state index contributed by atoms with van der Waals surface area (Å²) in [6, 6.07) is 14.8. The van der Waals surface area contributed by atoms with Gasteiger partial charge in [-0.05, 0) is 49.1 Å². The third-order valence-electron chi connectivity index (χ3n) is 6.55. The Morgan fingerprint density at radius 2 is 1.82 bits per heavy atom. The standard InChI is InChI=1S/C25H26F3N5O/c26-17-11-9-16(10-12-17)20-13-32(15-23(27)28)14-22(20)29-25(34)30-24-19-7-4-8-21(19)31-33(24)18-5-2-1-3-6-18/h1-3,5-6,9-12,20,22-23H,4,7-8,13-15H2,(H2,29,30,34). The van der Waals surface area contributed by atoms with Crippen LogP contribution in [0.3, 0.4) is 0 Å². The molecule has 6 nitrogen and oxygen atoms in total. The van der Waals surface area contributed by atoms with E-state index in [2.05, 4.69) is 10.6 Å². The summed E-state index contributed by atoms with van der Waals surface area (Å²) in [7, 11) is 0. The number of nitrogens with zero attached hydrogens (tertiary/aromatic N) is 3. The van der Waals surface area contributed by atoms with Crippen LogP contribution in [0.4, 0.5) is 23.8 Å². The Balaban J connectivity index is 1.36. The van der Waals surface area contributed by atoms with Gasteiger partial charge in [0.05, 0.1) is 24.0 Å². The molecule has 2 unspecified atom stereocenters. The molecule has 1 aliphatic heterocycles. The highest BCUT2D eigenvalue weighted by Gasteiger charge is 2.36. The molecule has 0 spiro atoms. The molecular formula is C25H26F3N5O. The van der Waals surface area contributed by atoms with Crippen molar-refractivity contribution in [1.29, 1.82) is 0 Å². The highest BCUT2D eigenvalue weighted by molar-refractivity contribution is 5.90. The van der Waals surface area contributed by atoms with Gasteiger partial charge < -0.3 is 5.32 Å². The molecule has 1 aromatic heterocycles. The van der Waals surface area contributed by atoms with Crippen LogP contribution in [0.5, 0.6) is 0 Å². The average molecular weight is 470 g/mol. The molecule has 0 bridgehead atoms.